The first-order chi connectivity index (χ1) is 30.7. The van der Waals surface area contributed by atoms with Gasteiger partial charge in [-0.25, -0.2) is 0 Å². The van der Waals surface area contributed by atoms with Crippen LogP contribution in [0, 0.1) is 0 Å². The quantitative estimate of drug-likeness (QED) is 0.168. The number of hydrogen-bond acceptors (Lipinski definition) is 3. The minimum absolute atomic E-state index is 0.862. The fraction of sp³-hybridized carbons (Fsp3) is 0. The van der Waals surface area contributed by atoms with Crippen LogP contribution in [0.25, 0.3) is 93.6 Å². The van der Waals surface area contributed by atoms with Gasteiger partial charge in [0.25, 0.3) is 0 Å². The van der Waals surface area contributed by atoms with Gasteiger partial charge < -0.3 is 18.6 Å². The summed E-state index contributed by atoms with van der Waals surface area (Å²) >= 11 is 0. The monoisotopic (exact) mass is 792 g/mol. The number of ether oxygens (including phenoxy) is 1. The van der Waals surface area contributed by atoms with Crippen LogP contribution in [-0.4, -0.2) is 4.57 Å². The van der Waals surface area contributed by atoms with Gasteiger partial charge in [-0.3, -0.25) is 0 Å². The highest BCUT2D eigenvalue weighted by molar-refractivity contribution is 6.13. The van der Waals surface area contributed by atoms with Crippen molar-refractivity contribution in [2.75, 3.05) is 4.90 Å². The van der Waals surface area contributed by atoms with Gasteiger partial charge in [0, 0.05) is 38.5 Å². The lowest BCUT2D eigenvalue weighted by atomic mass is 9.97. The van der Waals surface area contributed by atoms with Crippen LogP contribution >= 0.6 is 0 Å². The van der Waals surface area contributed by atoms with Crippen molar-refractivity contribution < 1.29 is 9.15 Å². The van der Waals surface area contributed by atoms with E-state index in [1.165, 1.54) is 38.2 Å². The first-order valence-electron chi connectivity index (χ1n) is 21.1. The molecule has 13 rings (SSSR count). The third-order valence-corrected chi connectivity index (χ3v) is 12.6. The third-order valence-electron chi connectivity index (χ3n) is 12.6. The first kappa shape index (κ1) is 34.5. The molecule has 0 spiro atoms. The molecule has 0 radical (unpaired) electrons. The van der Waals surface area contributed by atoms with Crippen LogP contribution in [0.15, 0.2) is 223 Å². The molecule has 0 N–H and O–H groups in total. The standard InChI is InChI=1S/C58H36N2O2/c1-2-12-39-34-42(24-23-37(39)11-1)41-14-9-13-40(33-41)38-25-28-44(29-26-38)59(45-30-32-55-50(36-45)47-16-4-7-20-54(47)61-55)51-18-5-3-15-46(51)43-27-31-52-49(35-43)48-17-10-22-57-58(48)60(52)53-19-6-8-21-56(53)62-57/h1-36H. The Bertz CT molecular complexity index is 3740. The lowest BCUT2D eigenvalue weighted by Gasteiger charge is -2.28. The Morgan fingerprint density at radius 3 is 1.98 bits per heavy atom. The van der Waals surface area contributed by atoms with E-state index in [9.17, 15) is 0 Å². The Labute approximate surface area is 357 Å². The fourth-order valence-electron chi connectivity index (χ4n) is 9.63. The molecule has 0 saturated heterocycles. The van der Waals surface area contributed by atoms with E-state index in [1.807, 2.05) is 24.3 Å². The molecule has 0 amide bonds. The van der Waals surface area contributed by atoms with Crippen LogP contribution in [0.3, 0.4) is 0 Å². The Balaban J connectivity index is 0.956. The topological polar surface area (TPSA) is 30.5 Å². The number of fused-ring (bicyclic) bond motifs is 9. The molecule has 4 heteroatoms. The predicted octanol–water partition coefficient (Wildman–Crippen LogP) is 16.4. The molecular weight excluding hydrogens is 757 g/mol. The van der Waals surface area contributed by atoms with E-state index in [1.54, 1.807) is 0 Å². The van der Waals surface area contributed by atoms with Crippen molar-refractivity contribution >= 4 is 71.6 Å². The average molecular weight is 793 g/mol. The maximum absolute atomic E-state index is 6.44. The number of nitrogens with zero attached hydrogens (tertiary/aromatic N) is 2. The summed E-state index contributed by atoms with van der Waals surface area (Å²) in [6, 6.07) is 78.2. The first-order valence-corrected chi connectivity index (χ1v) is 21.1. The van der Waals surface area contributed by atoms with Gasteiger partial charge in [-0.2, -0.15) is 0 Å². The van der Waals surface area contributed by atoms with Crippen LogP contribution in [0.1, 0.15) is 0 Å². The SMILES string of the molecule is c1cc(-c2ccc(N(c3ccc4oc5ccccc5c4c3)c3ccccc3-c3ccc4c(c3)c3cccc5c3n4-c3ccccc3O5)cc2)cc(-c2ccc3ccccc3c2)c1. The maximum Gasteiger partial charge on any atom is 0.152 e. The number of furan rings is 1. The second-order valence-corrected chi connectivity index (χ2v) is 16.1. The minimum atomic E-state index is 0.862. The predicted molar refractivity (Wildman–Crippen MR) is 257 cm³/mol. The van der Waals surface area contributed by atoms with E-state index in [2.05, 4.69) is 204 Å². The Morgan fingerprint density at radius 2 is 1.05 bits per heavy atom. The van der Waals surface area contributed by atoms with E-state index < -0.39 is 0 Å². The van der Waals surface area contributed by atoms with Crippen molar-refractivity contribution in [1.29, 1.82) is 0 Å². The summed E-state index contributed by atoms with van der Waals surface area (Å²) in [4.78, 5) is 2.38. The van der Waals surface area contributed by atoms with E-state index >= 15 is 0 Å². The number of para-hydroxylation sites is 5. The number of aromatic nitrogens is 1. The Morgan fingerprint density at radius 1 is 0.371 bits per heavy atom. The van der Waals surface area contributed by atoms with Crippen molar-refractivity contribution in [3.8, 4) is 50.6 Å². The zero-order valence-corrected chi connectivity index (χ0v) is 33.5. The largest absolute Gasteiger partial charge is 0.456 e. The van der Waals surface area contributed by atoms with Crippen molar-refractivity contribution in [3.63, 3.8) is 0 Å². The molecular formula is C58H36N2O2. The van der Waals surface area contributed by atoms with Gasteiger partial charge in [-0.15, -0.1) is 0 Å². The second kappa shape index (κ2) is 13.6. The van der Waals surface area contributed by atoms with Gasteiger partial charge in [0.1, 0.15) is 11.2 Å². The summed E-state index contributed by atoms with van der Waals surface area (Å²) in [6.45, 7) is 0. The molecule has 10 aromatic carbocycles. The lowest BCUT2D eigenvalue weighted by Crippen LogP contribution is -2.11. The Kier molecular flexibility index (Phi) is 7.57. The molecule has 1 aliphatic heterocycles. The van der Waals surface area contributed by atoms with Crippen LogP contribution in [0.4, 0.5) is 17.1 Å². The van der Waals surface area contributed by atoms with E-state index in [4.69, 9.17) is 9.15 Å². The average Bonchev–Trinajstić information content (AvgIpc) is 3.88. The van der Waals surface area contributed by atoms with Crippen molar-refractivity contribution in [2.45, 2.75) is 0 Å². The molecule has 0 aliphatic carbocycles. The summed E-state index contributed by atoms with van der Waals surface area (Å²) in [5.74, 6) is 1.73. The molecule has 0 bridgehead atoms. The molecule has 3 heterocycles. The zero-order valence-electron chi connectivity index (χ0n) is 33.5. The van der Waals surface area contributed by atoms with Gasteiger partial charge >= 0.3 is 0 Å². The molecule has 4 nitrogen and oxygen atoms in total. The summed E-state index contributed by atoms with van der Waals surface area (Å²) < 4.78 is 15.1. The lowest BCUT2D eigenvalue weighted by molar-refractivity contribution is 0.476. The molecule has 0 atom stereocenters. The zero-order chi connectivity index (χ0) is 40.7. The van der Waals surface area contributed by atoms with Gasteiger partial charge in [0.15, 0.2) is 11.5 Å². The smallest absolute Gasteiger partial charge is 0.152 e. The second-order valence-electron chi connectivity index (χ2n) is 16.1. The highest BCUT2D eigenvalue weighted by Gasteiger charge is 2.25. The number of rotatable bonds is 6. The summed E-state index contributed by atoms with van der Waals surface area (Å²) in [5.41, 5.74) is 15.2. The van der Waals surface area contributed by atoms with Crippen LogP contribution in [0.5, 0.6) is 11.5 Å². The van der Waals surface area contributed by atoms with Gasteiger partial charge in [0.2, 0.25) is 0 Å². The normalized spacial score (nSPS) is 12.0. The summed E-state index contributed by atoms with van der Waals surface area (Å²) in [6.07, 6.45) is 0. The number of anilines is 3. The van der Waals surface area contributed by atoms with Gasteiger partial charge in [-0.05, 0) is 124 Å². The van der Waals surface area contributed by atoms with Crippen molar-refractivity contribution in [2.24, 2.45) is 0 Å². The van der Waals surface area contributed by atoms with Gasteiger partial charge in [0.05, 0.1) is 22.4 Å². The molecule has 2 aromatic heterocycles. The number of hydrogen-bond donors (Lipinski definition) is 0. The minimum Gasteiger partial charge on any atom is -0.456 e. The highest BCUT2D eigenvalue weighted by Crippen LogP contribution is 2.48. The van der Waals surface area contributed by atoms with Crippen LogP contribution < -0.4 is 9.64 Å². The Hall–Kier alpha value is -8.34. The fourth-order valence-corrected chi connectivity index (χ4v) is 9.63. The van der Waals surface area contributed by atoms with E-state index in [0.29, 0.717) is 0 Å². The third kappa shape index (κ3) is 5.40. The molecule has 1 aliphatic rings. The van der Waals surface area contributed by atoms with E-state index in [0.717, 1.165) is 83.9 Å². The molecule has 12 aromatic rings. The number of benzene rings is 10. The molecule has 62 heavy (non-hydrogen) atoms. The molecule has 0 fully saturated rings. The molecule has 0 unspecified atom stereocenters. The highest BCUT2D eigenvalue weighted by atomic mass is 16.5. The maximum atomic E-state index is 6.44. The van der Waals surface area contributed by atoms with Crippen LogP contribution in [-0.2, 0) is 0 Å². The van der Waals surface area contributed by atoms with E-state index in [-0.39, 0.29) is 0 Å². The molecule has 290 valence electrons. The van der Waals surface area contributed by atoms with Crippen molar-refractivity contribution in [1.82, 2.24) is 4.57 Å². The summed E-state index contributed by atoms with van der Waals surface area (Å²) in [7, 11) is 0. The summed E-state index contributed by atoms with van der Waals surface area (Å²) in [5, 5.41) is 7.03. The van der Waals surface area contributed by atoms with Gasteiger partial charge in [-0.1, -0.05) is 133 Å². The van der Waals surface area contributed by atoms with Crippen LogP contribution in [0.2, 0.25) is 0 Å². The van der Waals surface area contributed by atoms with Crippen molar-refractivity contribution in [3.05, 3.63) is 218 Å². The molecule has 0 saturated carbocycles.